The van der Waals surface area contributed by atoms with Gasteiger partial charge in [0.25, 0.3) is 0 Å². The highest BCUT2D eigenvalue weighted by Crippen LogP contribution is 2.25. The summed E-state index contributed by atoms with van der Waals surface area (Å²) in [4.78, 5) is 17.2. The maximum Gasteiger partial charge on any atom is 0.573 e. The first-order valence-electron chi connectivity index (χ1n) is 8.93. The van der Waals surface area contributed by atoms with Crippen molar-refractivity contribution >= 4 is 10.9 Å². The Hall–Kier alpha value is -3.75. The van der Waals surface area contributed by atoms with Gasteiger partial charge in [-0.25, -0.2) is 9.36 Å². The quantitative estimate of drug-likeness (QED) is 0.544. The van der Waals surface area contributed by atoms with E-state index in [1.165, 1.54) is 22.9 Å². The normalized spacial score (nSPS) is 11.7. The predicted octanol–water partition coefficient (Wildman–Crippen LogP) is 4.15. The number of benzene rings is 2. The number of ether oxygens (including phenoxy) is 1. The minimum atomic E-state index is -4.81. The number of fused-ring (bicyclic) bond motifs is 1. The average molecular weight is 415 g/mol. The fraction of sp³-hybridized carbons (Fsp3) is 0.143. The van der Waals surface area contributed by atoms with Crippen LogP contribution in [0.1, 0.15) is 11.1 Å². The van der Waals surface area contributed by atoms with Crippen LogP contribution in [0, 0.1) is 6.92 Å². The molecule has 154 valence electrons. The molecule has 2 aromatic carbocycles. The van der Waals surface area contributed by atoms with Crippen LogP contribution in [0.5, 0.6) is 11.6 Å². The van der Waals surface area contributed by atoms with Crippen LogP contribution < -0.4 is 10.4 Å². The second kappa shape index (κ2) is 7.25. The van der Waals surface area contributed by atoms with Gasteiger partial charge in [0.2, 0.25) is 5.88 Å². The molecule has 0 aliphatic heterocycles. The van der Waals surface area contributed by atoms with Crippen molar-refractivity contribution in [2.24, 2.45) is 0 Å². The summed E-state index contributed by atoms with van der Waals surface area (Å²) in [7, 11) is 0. The Labute approximate surface area is 168 Å². The molecule has 6 nitrogen and oxygen atoms in total. The van der Waals surface area contributed by atoms with Gasteiger partial charge >= 0.3 is 12.1 Å². The monoisotopic (exact) mass is 415 g/mol. The first kappa shape index (κ1) is 19.6. The van der Waals surface area contributed by atoms with E-state index in [0.717, 1.165) is 38.7 Å². The number of nitrogens with zero attached hydrogens (tertiary/aromatic N) is 3. The third-order valence-electron chi connectivity index (χ3n) is 4.67. The zero-order valence-corrected chi connectivity index (χ0v) is 15.7. The van der Waals surface area contributed by atoms with Crippen molar-refractivity contribution in [2.45, 2.75) is 19.8 Å². The number of aromatic nitrogens is 3. The van der Waals surface area contributed by atoms with Crippen LogP contribution in [-0.4, -0.2) is 25.6 Å². The van der Waals surface area contributed by atoms with Crippen LogP contribution >= 0.6 is 0 Å². The summed E-state index contributed by atoms with van der Waals surface area (Å²) >= 11 is 0. The molecule has 4 aromatic rings. The second-order valence-corrected chi connectivity index (χ2v) is 6.71. The summed E-state index contributed by atoms with van der Waals surface area (Å²) in [6.45, 7) is 2.14. The molecule has 0 aliphatic rings. The summed E-state index contributed by atoms with van der Waals surface area (Å²) in [5.41, 5.74) is 2.33. The van der Waals surface area contributed by atoms with E-state index in [1.54, 1.807) is 12.3 Å². The molecule has 9 heteroatoms. The lowest BCUT2D eigenvalue weighted by Crippen LogP contribution is -2.23. The Balaban J connectivity index is 1.70. The lowest BCUT2D eigenvalue weighted by molar-refractivity contribution is -0.274. The van der Waals surface area contributed by atoms with Crippen molar-refractivity contribution in [2.75, 3.05) is 0 Å². The van der Waals surface area contributed by atoms with E-state index in [4.69, 9.17) is 0 Å². The molecule has 0 fully saturated rings. The summed E-state index contributed by atoms with van der Waals surface area (Å²) in [5.74, 6) is -0.753. The molecule has 4 rings (SSSR count). The van der Waals surface area contributed by atoms with Crippen molar-refractivity contribution in [3.63, 3.8) is 0 Å². The molecule has 0 radical (unpaired) electrons. The van der Waals surface area contributed by atoms with E-state index >= 15 is 0 Å². The van der Waals surface area contributed by atoms with Crippen LogP contribution in [0.3, 0.4) is 0 Å². The van der Waals surface area contributed by atoms with E-state index in [-0.39, 0.29) is 18.1 Å². The van der Waals surface area contributed by atoms with Crippen LogP contribution in [0.4, 0.5) is 13.2 Å². The third-order valence-corrected chi connectivity index (χ3v) is 4.67. The van der Waals surface area contributed by atoms with Gasteiger partial charge in [-0.3, -0.25) is 9.55 Å². The second-order valence-electron chi connectivity index (χ2n) is 6.71. The van der Waals surface area contributed by atoms with Crippen molar-refractivity contribution in [3.8, 4) is 17.3 Å². The van der Waals surface area contributed by atoms with Gasteiger partial charge in [-0.1, -0.05) is 12.1 Å². The Morgan fingerprint density at radius 1 is 1.10 bits per heavy atom. The lowest BCUT2D eigenvalue weighted by Gasteiger charge is -2.10. The summed E-state index contributed by atoms with van der Waals surface area (Å²) in [5, 5.41) is 11.2. The number of pyridine rings is 1. The van der Waals surface area contributed by atoms with Crippen LogP contribution in [0.2, 0.25) is 0 Å². The van der Waals surface area contributed by atoms with Gasteiger partial charge in [0.15, 0.2) is 0 Å². The standard InChI is InChI=1S/C21H16F3N3O3/c1-13-3-2-4-17-19(13)14(9-10-25-17)11-26-12-18(28)27(20(26)29)15-5-7-16(8-6-15)30-21(22,23)24/h2-10,12,28H,11H2,1H3. The maximum absolute atomic E-state index is 12.9. The number of alkyl halides is 3. The minimum Gasteiger partial charge on any atom is -0.493 e. The highest BCUT2D eigenvalue weighted by Gasteiger charge is 2.31. The Bertz CT molecular complexity index is 1270. The van der Waals surface area contributed by atoms with Crippen molar-refractivity contribution in [1.29, 1.82) is 0 Å². The molecule has 1 N–H and O–H groups in total. The number of halogens is 3. The molecule has 0 saturated heterocycles. The molecule has 2 heterocycles. The van der Waals surface area contributed by atoms with Gasteiger partial charge in [0.1, 0.15) is 5.75 Å². The van der Waals surface area contributed by atoms with Gasteiger partial charge in [-0.05, 0) is 54.4 Å². The Kier molecular flexibility index (Phi) is 4.73. The topological polar surface area (TPSA) is 69.3 Å². The molecule has 0 aliphatic carbocycles. The summed E-state index contributed by atoms with van der Waals surface area (Å²) < 4.78 is 43.1. The molecule has 0 bridgehead atoms. The molecule has 0 atom stereocenters. The lowest BCUT2D eigenvalue weighted by atomic mass is 10.0. The number of imidazole rings is 1. The van der Waals surface area contributed by atoms with Crippen LogP contribution in [0.15, 0.2) is 65.7 Å². The van der Waals surface area contributed by atoms with Gasteiger partial charge in [-0.2, -0.15) is 0 Å². The highest BCUT2D eigenvalue weighted by atomic mass is 19.4. The van der Waals surface area contributed by atoms with Gasteiger partial charge in [0, 0.05) is 11.6 Å². The van der Waals surface area contributed by atoms with Crippen molar-refractivity contribution < 1.29 is 23.0 Å². The van der Waals surface area contributed by atoms with E-state index in [2.05, 4.69) is 9.72 Å². The number of aromatic hydroxyl groups is 1. The van der Waals surface area contributed by atoms with Crippen LogP contribution in [-0.2, 0) is 6.54 Å². The first-order chi connectivity index (χ1) is 14.2. The number of hydrogen-bond donors (Lipinski definition) is 1. The summed E-state index contributed by atoms with van der Waals surface area (Å²) in [6, 6.07) is 12.2. The van der Waals surface area contributed by atoms with Gasteiger partial charge < -0.3 is 9.84 Å². The first-order valence-corrected chi connectivity index (χ1v) is 8.93. The zero-order chi connectivity index (χ0) is 21.5. The predicted molar refractivity (Wildman–Crippen MR) is 104 cm³/mol. The molecular formula is C21H16F3N3O3. The van der Waals surface area contributed by atoms with E-state index in [9.17, 15) is 23.1 Å². The number of rotatable bonds is 4. The molecule has 0 spiro atoms. The van der Waals surface area contributed by atoms with Crippen LogP contribution in [0.25, 0.3) is 16.6 Å². The maximum atomic E-state index is 12.9. The number of hydrogen-bond acceptors (Lipinski definition) is 4. The van der Waals surface area contributed by atoms with E-state index < -0.39 is 17.8 Å². The largest absolute Gasteiger partial charge is 0.573 e. The minimum absolute atomic E-state index is 0.193. The third kappa shape index (κ3) is 3.73. The summed E-state index contributed by atoms with van der Waals surface area (Å²) in [6.07, 6.45) is -1.87. The van der Waals surface area contributed by atoms with Crippen molar-refractivity contribution in [3.05, 3.63) is 82.5 Å². The van der Waals surface area contributed by atoms with E-state index in [0.29, 0.717) is 0 Å². The molecular weight excluding hydrogens is 399 g/mol. The molecule has 0 unspecified atom stereocenters. The number of aryl methyl sites for hydroxylation is 1. The molecule has 30 heavy (non-hydrogen) atoms. The highest BCUT2D eigenvalue weighted by molar-refractivity contribution is 5.85. The fourth-order valence-corrected chi connectivity index (χ4v) is 3.42. The zero-order valence-electron chi connectivity index (χ0n) is 15.7. The SMILES string of the molecule is Cc1cccc2nccc(Cn3cc(O)n(-c4ccc(OC(F)(F)F)cc4)c3=O)c12. The molecule has 2 aromatic heterocycles. The Morgan fingerprint density at radius 3 is 2.53 bits per heavy atom. The van der Waals surface area contributed by atoms with E-state index in [1.807, 2.05) is 25.1 Å². The van der Waals surface area contributed by atoms with Gasteiger partial charge in [-0.15, -0.1) is 13.2 Å². The molecule has 0 saturated carbocycles. The fourth-order valence-electron chi connectivity index (χ4n) is 3.42. The average Bonchev–Trinajstić information content (AvgIpc) is 2.95. The molecule has 0 amide bonds. The smallest absolute Gasteiger partial charge is 0.493 e. The van der Waals surface area contributed by atoms with Gasteiger partial charge in [0.05, 0.1) is 23.9 Å². The Morgan fingerprint density at radius 2 is 1.83 bits per heavy atom. The van der Waals surface area contributed by atoms with Crippen molar-refractivity contribution in [1.82, 2.24) is 14.1 Å².